The van der Waals surface area contributed by atoms with Crippen molar-refractivity contribution >= 4 is 21.9 Å². The van der Waals surface area contributed by atoms with Crippen LogP contribution in [0.2, 0.25) is 0 Å². The molecule has 2 fully saturated rings. The van der Waals surface area contributed by atoms with E-state index >= 15 is 0 Å². The number of nitrogens with zero attached hydrogens (tertiary/aromatic N) is 3. The largest absolute Gasteiger partial charge is 0.460 e. The minimum atomic E-state index is -3.86. The number of morpholine rings is 1. The summed E-state index contributed by atoms with van der Waals surface area (Å²) < 4.78 is 42.2. The number of furan rings is 1. The lowest BCUT2D eigenvalue weighted by molar-refractivity contribution is -0.141. The van der Waals surface area contributed by atoms with Crippen LogP contribution >= 0.6 is 0 Å². The number of hydrogen-bond donors (Lipinski definition) is 0. The van der Waals surface area contributed by atoms with Crippen LogP contribution in [-0.4, -0.2) is 99.5 Å². The van der Waals surface area contributed by atoms with Gasteiger partial charge in [-0.3, -0.25) is 9.69 Å². The molecule has 3 rings (SSSR count). The molecule has 1 atom stereocenters. The highest BCUT2D eigenvalue weighted by Crippen LogP contribution is 2.21. The molecular formula is C18H27N3O7S. The molecule has 1 aromatic rings. The molecule has 0 bridgehead atoms. The summed E-state index contributed by atoms with van der Waals surface area (Å²) >= 11 is 0. The fourth-order valence-corrected chi connectivity index (χ4v) is 4.77. The smallest absolute Gasteiger partial charge is 0.374 e. The van der Waals surface area contributed by atoms with Gasteiger partial charge in [-0.1, -0.05) is 0 Å². The molecule has 0 radical (unpaired) electrons. The van der Waals surface area contributed by atoms with E-state index in [2.05, 4.69) is 0 Å². The van der Waals surface area contributed by atoms with E-state index in [0.29, 0.717) is 39.4 Å². The number of amides is 1. The zero-order valence-electron chi connectivity index (χ0n) is 16.7. The summed E-state index contributed by atoms with van der Waals surface area (Å²) in [4.78, 5) is 28.1. The average Bonchev–Trinajstić information content (AvgIpc) is 3.25. The first-order valence-electron chi connectivity index (χ1n) is 9.72. The molecule has 3 heterocycles. The van der Waals surface area contributed by atoms with Crippen LogP contribution in [0, 0.1) is 0 Å². The Morgan fingerprint density at radius 1 is 1.10 bits per heavy atom. The number of carbonyl (C=O) groups is 2. The highest BCUT2D eigenvalue weighted by atomic mass is 32.2. The molecule has 2 aliphatic heterocycles. The number of piperazine rings is 1. The zero-order valence-corrected chi connectivity index (χ0v) is 17.5. The number of hydrogen-bond acceptors (Lipinski definition) is 8. The van der Waals surface area contributed by atoms with Crippen LogP contribution in [-0.2, 0) is 24.3 Å². The summed E-state index contributed by atoms with van der Waals surface area (Å²) in [6, 6.07) is 2.24. The molecule has 29 heavy (non-hydrogen) atoms. The molecule has 0 aliphatic carbocycles. The molecule has 11 heteroatoms. The Hall–Kier alpha value is -1.95. The fraction of sp³-hybridized carbons (Fsp3) is 0.667. The molecule has 0 spiro atoms. The summed E-state index contributed by atoms with van der Waals surface area (Å²) in [6.07, 6.45) is 0. The highest BCUT2D eigenvalue weighted by Gasteiger charge is 2.35. The van der Waals surface area contributed by atoms with Crippen molar-refractivity contribution in [3.63, 3.8) is 0 Å². The SMILES string of the molecule is CCOC(=O)c1ccc(S(=O)(=O)N2CCN([C@@H](C)C(=O)N3CCOCC3)CC2)o1. The summed E-state index contributed by atoms with van der Waals surface area (Å²) in [5.41, 5.74) is 0. The van der Waals surface area contributed by atoms with Gasteiger partial charge in [0.25, 0.3) is 10.0 Å². The van der Waals surface area contributed by atoms with E-state index in [1.807, 2.05) is 11.8 Å². The Labute approximate surface area is 170 Å². The second-order valence-electron chi connectivity index (χ2n) is 6.89. The van der Waals surface area contributed by atoms with Crippen LogP contribution in [0.15, 0.2) is 21.6 Å². The number of esters is 1. The second kappa shape index (κ2) is 9.24. The minimum Gasteiger partial charge on any atom is -0.460 e. The maximum absolute atomic E-state index is 12.8. The van der Waals surface area contributed by atoms with Crippen LogP contribution in [0.1, 0.15) is 24.4 Å². The van der Waals surface area contributed by atoms with E-state index in [0.717, 1.165) is 0 Å². The van der Waals surface area contributed by atoms with Crippen molar-refractivity contribution in [1.29, 1.82) is 0 Å². The van der Waals surface area contributed by atoms with Crippen LogP contribution < -0.4 is 0 Å². The van der Waals surface area contributed by atoms with Crippen molar-refractivity contribution in [2.75, 3.05) is 59.1 Å². The van der Waals surface area contributed by atoms with Crippen molar-refractivity contribution in [1.82, 2.24) is 14.1 Å². The van der Waals surface area contributed by atoms with E-state index in [9.17, 15) is 18.0 Å². The summed E-state index contributed by atoms with van der Waals surface area (Å²) in [7, 11) is -3.86. The van der Waals surface area contributed by atoms with Crippen molar-refractivity contribution in [2.45, 2.75) is 25.0 Å². The average molecular weight is 429 g/mol. The van der Waals surface area contributed by atoms with Gasteiger partial charge < -0.3 is 18.8 Å². The van der Waals surface area contributed by atoms with E-state index in [4.69, 9.17) is 13.9 Å². The van der Waals surface area contributed by atoms with Crippen LogP contribution in [0.4, 0.5) is 0 Å². The molecule has 1 aromatic heterocycles. The number of carbonyl (C=O) groups excluding carboxylic acids is 2. The van der Waals surface area contributed by atoms with E-state index in [1.54, 1.807) is 11.8 Å². The maximum atomic E-state index is 12.8. The number of rotatable bonds is 6. The predicted octanol–water partition coefficient (Wildman–Crippen LogP) is 0.00990. The molecule has 2 aliphatic rings. The van der Waals surface area contributed by atoms with Crippen LogP contribution in [0.5, 0.6) is 0 Å². The van der Waals surface area contributed by atoms with Gasteiger partial charge in [-0.25, -0.2) is 13.2 Å². The van der Waals surface area contributed by atoms with Crippen molar-refractivity contribution in [2.24, 2.45) is 0 Å². The first-order chi connectivity index (χ1) is 13.8. The lowest BCUT2D eigenvalue weighted by atomic mass is 10.2. The molecule has 0 N–H and O–H groups in total. The van der Waals surface area contributed by atoms with E-state index < -0.39 is 16.0 Å². The number of ether oxygens (including phenoxy) is 2. The summed E-state index contributed by atoms with van der Waals surface area (Å²) in [5.74, 6) is -0.808. The Kier molecular flexibility index (Phi) is 6.93. The first kappa shape index (κ1) is 21.8. The molecule has 0 unspecified atom stereocenters. The quantitative estimate of drug-likeness (QED) is 0.582. The summed E-state index contributed by atoms with van der Waals surface area (Å²) in [5, 5.41) is -0.286. The Bertz CT molecular complexity index is 824. The highest BCUT2D eigenvalue weighted by molar-refractivity contribution is 7.89. The molecule has 1 amide bonds. The van der Waals surface area contributed by atoms with Gasteiger partial charge in [0, 0.05) is 39.3 Å². The van der Waals surface area contributed by atoms with E-state index in [1.165, 1.54) is 16.4 Å². The van der Waals surface area contributed by atoms with E-state index in [-0.39, 0.29) is 42.5 Å². The van der Waals surface area contributed by atoms with Gasteiger partial charge in [0.2, 0.25) is 16.8 Å². The molecule has 10 nitrogen and oxygen atoms in total. The third-order valence-electron chi connectivity index (χ3n) is 5.15. The lowest BCUT2D eigenvalue weighted by Crippen LogP contribution is -2.56. The summed E-state index contributed by atoms with van der Waals surface area (Å²) in [6.45, 7) is 7.26. The van der Waals surface area contributed by atoms with Gasteiger partial charge in [-0.05, 0) is 26.0 Å². The topological polar surface area (TPSA) is 110 Å². The monoisotopic (exact) mass is 429 g/mol. The third kappa shape index (κ3) is 4.80. The lowest BCUT2D eigenvalue weighted by Gasteiger charge is -2.38. The first-order valence-corrected chi connectivity index (χ1v) is 11.2. The Morgan fingerprint density at radius 2 is 1.76 bits per heavy atom. The second-order valence-corrected chi connectivity index (χ2v) is 8.76. The zero-order chi connectivity index (χ0) is 21.0. The maximum Gasteiger partial charge on any atom is 0.374 e. The van der Waals surface area contributed by atoms with Crippen LogP contribution in [0.3, 0.4) is 0 Å². The van der Waals surface area contributed by atoms with Gasteiger partial charge in [-0.15, -0.1) is 0 Å². The van der Waals surface area contributed by atoms with Gasteiger partial charge in [0.05, 0.1) is 25.9 Å². The third-order valence-corrected chi connectivity index (χ3v) is 6.93. The van der Waals surface area contributed by atoms with Crippen LogP contribution in [0.25, 0.3) is 0 Å². The standard InChI is InChI=1S/C18H27N3O7S/c1-3-27-18(23)15-4-5-16(28-15)29(24,25)21-8-6-19(7-9-21)14(2)17(22)20-10-12-26-13-11-20/h4-5,14H,3,6-13H2,1-2H3/t14-/m0/s1. The van der Waals surface area contributed by atoms with Gasteiger partial charge in [-0.2, -0.15) is 4.31 Å². The molecule has 0 saturated carbocycles. The predicted molar refractivity (Wildman–Crippen MR) is 102 cm³/mol. The molecule has 162 valence electrons. The van der Waals surface area contributed by atoms with Crippen molar-refractivity contribution in [3.8, 4) is 0 Å². The Morgan fingerprint density at radius 3 is 2.38 bits per heavy atom. The molecule has 2 saturated heterocycles. The van der Waals surface area contributed by atoms with Gasteiger partial charge in [0.15, 0.2) is 0 Å². The normalized spacial score (nSPS) is 20.4. The molecular weight excluding hydrogens is 402 g/mol. The van der Waals surface area contributed by atoms with Crippen molar-refractivity contribution in [3.05, 3.63) is 17.9 Å². The Balaban J connectivity index is 1.59. The van der Waals surface area contributed by atoms with Gasteiger partial charge in [0.1, 0.15) is 0 Å². The fourth-order valence-electron chi connectivity index (χ4n) is 3.43. The molecule has 0 aromatic carbocycles. The van der Waals surface area contributed by atoms with Crippen molar-refractivity contribution < 1.29 is 31.9 Å². The van der Waals surface area contributed by atoms with Gasteiger partial charge >= 0.3 is 5.97 Å². The minimum absolute atomic E-state index is 0.0368. The number of sulfonamides is 1.